The number of hydrogen-bond donors (Lipinski definition) is 1. The molecular weight excluding hydrogens is 298 g/mol. The summed E-state index contributed by atoms with van der Waals surface area (Å²) in [6.45, 7) is 2.88. The zero-order valence-electron chi connectivity index (χ0n) is 14.4. The van der Waals surface area contributed by atoms with E-state index in [1.165, 1.54) is 5.56 Å². The van der Waals surface area contributed by atoms with Crippen LogP contribution in [0, 0.1) is 0 Å². The van der Waals surface area contributed by atoms with Crippen LogP contribution in [0.3, 0.4) is 0 Å². The molecule has 1 saturated heterocycles. The van der Waals surface area contributed by atoms with Crippen molar-refractivity contribution >= 4 is 11.6 Å². The molecule has 0 aliphatic carbocycles. The molecule has 0 spiro atoms. The van der Waals surface area contributed by atoms with Crippen molar-refractivity contribution in [3.05, 3.63) is 65.7 Å². The molecule has 1 unspecified atom stereocenters. The molecule has 3 rings (SSSR count). The first-order valence-corrected chi connectivity index (χ1v) is 8.46. The van der Waals surface area contributed by atoms with Crippen molar-refractivity contribution in [2.75, 3.05) is 32.1 Å². The van der Waals surface area contributed by atoms with Crippen LogP contribution in [-0.4, -0.2) is 44.0 Å². The monoisotopic (exact) mass is 323 g/mol. The minimum absolute atomic E-state index is 0.0188. The Balaban J connectivity index is 1.55. The summed E-state index contributed by atoms with van der Waals surface area (Å²) in [6, 6.07) is 18.5. The lowest BCUT2D eigenvalue weighted by Crippen LogP contribution is -2.37. The van der Waals surface area contributed by atoms with Gasteiger partial charge in [0.1, 0.15) is 0 Å². The molecule has 0 radical (unpaired) electrons. The number of carbonyl (C=O) groups is 1. The maximum atomic E-state index is 12.5. The van der Waals surface area contributed by atoms with E-state index in [2.05, 4.69) is 34.5 Å². The van der Waals surface area contributed by atoms with Crippen LogP contribution in [0.5, 0.6) is 0 Å². The van der Waals surface area contributed by atoms with E-state index in [1.54, 1.807) is 0 Å². The zero-order chi connectivity index (χ0) is 16.9. The Morgan fingerprint density at radius 3 is 2.71 bits per heavy atom. The van der Waals surface area contributed by atoms with Crippen molar-refractivity contribution in [2.24, 2.45) is 0 Å². The summed E-state index contributed by atoms with van der Waals surface area (Å²) in [5.74, 6) is 0.0188. The fraction of sp³-hybridized carbons (Fsp3) is 0.350. The molecule has 1 N–H and O–H groups in total. The minimum atomic E-state index is 0.0188. The van der Waals surface area contributed by atoms with Crippen LogP contribution in [0.15, 0.2) is 54.6 Å². The third-order valence-electron chi connectivity index (χ3n) is 4.48. The van der Waals surface area contributed by atoms with Gasteiger partial charge in [-0.25, -0.2) is 0 Å². The Kier molecular flexibility index (Phi) is 5.16. The maximum Gasteiger partial charge on any atom is 0.251 e. The summed E-state index contributed by atoms with van der Waals surface area (Å²) < 4.78 is 0. The topological polar surface area (TPSA) is 35.6 Å². The highest BCUT2D eigenvalue weighted by Gasteiger charge is 2.24. The second-order valence-corrected chi connectivity index (χ2v) is 6.62. The molecular formula is C20H25N3O. The molecule has 126 valence electrons. The van der Waals surface area contributed by atoms with Crippen LogP contribution in [-0.2, 0) is 6.54 Å². The van der Waals surface area contributed by atoms with Gasteiger partial charge in [0.15, 0.2) is 0 Å². The Hall–Kier alpha value is -2.33. The van der Waals surface area contributed by atoms with Crippen LogP contribution in [0.2, 0.25) is 0 Å². The summed E-state index contributed by atoms with van der Waals surface area (Å²) in [7, 11) is 3.96. The summed E-state index contributed by atoms with van der Waals surface area (Å²) in [5.41, 5.74) is 3.09. The molecule has 1 fully saturated rings. The number of hydrogen-bond acceptors (Lipinski definition) is 3. The summed E-state index contributed by atoms with van der Waals surface area (Å²) in [4.78, 5) is 16.9. The number of benzene rings is 2. The molecule has 1 atom stereocenters. The second kappa shape index (κ2) is 7.49. The predicted octanol–water partition coefficient (Wildman–Crippen LogP) is 2.76. The number of amides is 1. The lowest BCUT2D eigenvalue weighted by Gasteiger charge is -2.17. The van der Waals surface area contributed by atoms with Gasteiger partial charge in [0.2, 0.25) is 0 Å². The van der Waals surface area contributed by atoms with Gasteiger partial charge in [0.25, 0.3) is 5.91 Å². The van der Waals surface area contributed by atoms with Crippen molar-refractivity contribution in [1.82, 2.24) is 10.2 Å². The molecule has 24 heavy (non-hydrogen) atoms. The summed E-state index contributed by atoms with van der Waals surface area (Å²) in [6.07, 6.45) is 1.01. The average Bonchev–Trinajstić information content (AvgIpc) is 3.02. The lowest BCUT2D eigenvalue weighted by molar-refractivity contribution is 0.0937. The van der Waals surface area contributed by atoms with Crippen molar-refractivity contribution in [1.29, 1.82) is 0 Å². The Morgan fingerprint density at radius 2 is 1.96 bits per heavy atom. The van der Waals surface area contributed by atoms with Gasteiger partial charge in [0, 0.05) is 51.0 Å². The summed E-state index contributed by atoms with van der Waals surface area (Å²) in [5, 5.41) is 3.18. The first-order valence-electron chi connectivity index (χ1n) is 8.46. The molecule has 4 nitrogen and oxygen atoms in total. The molecule has 0 bridgehead atoms. The van der Waals surface area contributed by atoms with E-state index in [0.29, 0.717) is 0 Å². The van der Waals surface area contributed by atoms with E-state index in [9.17, 15) is 4.79 Å². The van der Waals surface area contributed by atoms with Crippen LogP contribution >= 0.6 is 0 Å². The number of nitrogens with zero attached hydrogens (tertiary/aromatic N) is 2. The lowest BCUT2D eigenvalue weighted by atomic mass is 10.1. The SMILES string of the molecule is CN(C)c1cccc(C(=O)NC2CCN(Cc3ccccc3)C2)c1. The zero-order valence-corrected chi connectivity index (χ0v) is 14.4. The van der Waals surface area contributed by atoms with Gasteiger partial charge in [-0.15, -0.1) is 0 Å². The quantitative estimate of drug-likeness (QED) is 0.919. The molecule has 1 aliphatic rings. The molecule has 0 aromatic heterocycles. The largest absolute Gasteiger partial charge is 0.378 e. The van der Waals surface area contributed by atoms with Gasteiger partial charge in [-0.1, -0.05) is 36.4 Å². The first-order chi connectivity index (χ1) is 11.6. The van der Waals surface area contributed by atoms with Gasteiger partial charge in [-0.2, -0.15) is 0 Å². The molecule has 1 heterocycles. The first kappa shape index (κ1) is 16.5. The predicted molar refractivity (Wildman–Crippen MR) is 98.4 cm³/mol. The van der Waals surface area contributed by atoms with Crippen LogP contribution in [0.25, 0.3) is 0 Å². The normalized spacial score (nSPS) is 17.7. The third-order valence-corrected chi connectivity index (χ3v) is 4.48. The molecule has 0 saturated carbocycles. The number of nitrogens with one attached hydrogen (secondary N) is 1. The van der Waals surface area contributed by atoms with E-state index in [0.717, 1.165) is 37.3 Å². The highest BCUT2D eigenvalue weighted by molar-refractivity contribution is 5.95. The number of anilines is 1. The van der Waals surface area contributed by atoms with Gasteiger partial charge in [0.05, 0.1) is 0 Å². The second-order valence-electron chi connectivity index (χ2n) is 6.62. The fourth-order valence-electron chi connectivity index (χ4n) is 3.13. The molecule has 1 aliphatic heterocycles. The number of rotatable bonds is 5. The molecule has 4 heteroatoms. The fourth-order valence-corrected chi connectivity index (χ4v) is 3.13. The van der Waals surface area contributed by atoms with Gasteiger partial charge < -0.3 is 10.2 Å². The van der Waals surface area contributed by atoms with Crippen LogP contribution in [0.4, 0.5) is 5.69 Å². The number of carbonyl (C=O) groups excluding carboxylic acids is 1. The highest BCUT2D eigenvalue weighted by atomic mass is 16.1. The van der Waals surface area contributed by atoms with Crippen molar-refractivity contribution in [3.63, 3.8) is 0 Å². The molecule has 1 amide bonds. The van der Waals surface area contributed by atoms with E-state index in [1.807, 2.05) is 49.3 Å². The van der Waals surface area contributed by atoms with Crippen molar-refractivity contribution in [3.8, 4) is 0 Å². The highest BCUT2D eigenvalue weighted by Crippen LogP contribution is 2.16. The third kappa shape index (κ3) is 4.15. The Morgan fingerprint density at radius 1 is 1.17 bits per heavy atom. The molecule has 2 aromatic carbocycles. The minimum Gasteiger partial charge on any atom is -0.378 e. The Bertz CT molecular complexity index is 684. The van der Waals surface area contributed by atoms with Gasteiger partial charge in [-0.3, -0.25) is 9.69 Å². The van der Waals surface area contributed by atoms with Crippen molar-refractivity contribution < 1.29 is 4.79 Å². The van der Waals surface area contributed by atoms with Crippen LogP contribution < -0.4 is 10.2 Å². The van der Waals surface area contributed by atoms with E-state index < -0.39 is 0 Å². The smallest absolute Gasteiger partial charge is 0.251 e. The van der Waals surface area contributed by atoms with Gasteiger partial charge in [-0.05, 0) is 30.2 Å². The van der Waals surface area contributed by atoms with E-state index >= 15 is 0 Å². The van der Waals surface area contributed by atoms with Gasteiger partial charge >= 0.3 is 0 Å². The van der Waals surface area contributed by atoms with Crippen LogP contribution in [0.1, 0.15) is 22.3 Å². The molecule has 2 aromatic rings. The van der Waals surface area contributed by atoms with Crippen molar-refractivity contribution in [2.45, 2.75) is 19.0 Å². The standard InChI is InChI=1S/C20H25N3O/c1-22(2)19-10-6-9-17(13-19)20(24)21-18-11-12-23(15-18)14-16-7-4-3-5-8-16/h3-10,13,18H,11-12,14-15H2,1-2H3,(H,21,24). The van der Waals surface area contributed by atoms with E-state index in [-0.39, 0.29) is 11.9 Å². The maximum absolute atomic E-state index is 12.5. The Labute approximate surface area is 144 Å². The average molecular weight is 323 g/mol. The van der Waals surface area contributed by atoms with E-state index in [4.69, 9.17) is 0 Å². The number of likely N-dealkylation sites (tertiary alicyclic amines) is 1. The summed E-state index contributed by atoms with van der Waals surface area (Å²) >= 11 is 0.